The van der Waals surface area contributed by atoms with Crippen LogP contribution in [0.4, 0.5) is 5.13 Å². The predicted octanol–water partition coefficient (Wildman–Crippen LogP) is 1.78. The molecule has 1 aromatic heterocycles. The van der Waals surface area contributed by atoms with Gasteiger partial charge in [0.05, 0.1) is 6.04 Å². The Morgan fingerprint density at radius 2 is 2.47 bits per heavy atom. The van der Waals surface area contributed by atoms with Gasteiger partial charge in [0.15, 0.2) is 5.13 Å². The lowest BCUT2D eigenvalue weighted by molar-refractivity contribution is -0.118. The standard InChI is InChI=1S/C12H17N3OS/c1-7-5-14-12(17-7)15-11(16)10-9-4-2-3-8(9)6-13-10/h5,8-10,13H,2-4,6H2,1H3,(H,14,15,16). The Labute approximate surface area is 105 Å². The number of aryl methyl sites for hydroxylation is 1. The summed E-state index contributed by atoms with van der Waals surface area (Å²) in [5, 5.41) is 6.99. The summed E-state index contributed by atoms with van der Waals surface area (Å²) in [6.45, 7) is 2.99. The lowest BCUT2D eigenvalue weighted by atomic mass is 9.94. The number of carbonyl (C=O) groups is 1. The molecule has 1 saturated heterocycles. The molecule has 1 aromatic rings. The number of thiazole rings is 1. The van der Waals surface area contributed by atoms with Crippen LogP contribution in [0.25, 0.3) is 0 Å². The van der Waals surface area contributed by atoms with Crippen molar-refractivity contribution in [2.45, 2.75) is 32.2 Å². The molecule has 1 aliphatic carbocycles. The topological polar surface area (TPSA) is 54.0 Å². The number of hydrogen-bond acceptors (Lipinski definition) is 4. The Morgan fingerprint density at radius 1 is 1.59 bits per heavy atom. The van der Waals surface area contributed by atoms with Gasteiger partial charge in [0.2, 0.25) is 5.91 Å². The van der Waals surface area contributed by atoms with E-state index in [0.717, 1.165) is 16.6 Å². The molecule has 92 valence electrons. The first-order valence-corrected chi connectivity index (χ1v) is 7.02. The van der Waals surface area contributed by atoms with Crippen molar-refractivity contribution < 1.29 is 4.79 Å². The smallest absolute Gasteiger partial charge is 0.243 e. The maximum Gasteiger partial charge on any atom is 0.243 e. The molecule has 5 heteroatoms. The molecule has 3 atom stereocenters. The van der Waals surface area contributed by atoms with Crippen LogP contribution >= 0.6 is 11.3 Å². The summed E-state index contributed by atoms with van der Waals surface area (Å²) in [6, 6.07) is -0.00768. The summed E-state index contributed by atoms with van der Waals surface area (Å²) < 4.78 is 0. The molecule has 1 amide bonds. The molecule has 3 unspecified atom stereocenters. The molecule has 0 bridgehead atoms. The summed E-state index contributed by atoms with van der Waals surface area (Å²) in [7, 11) is 0. The average Bonchev–Trinajstić information content (AvgIpc) is 2.93. The zero-order valence-electron chi connectivity index (χ0n) is 9.90. The molecular weight excluding hydrogens is 234 g/mol. The minimum Gasteiger partial charge on any atom is -0.305 e. The molecule has 17 heavy (non-hydrogen) atoms. The first kappa shape index (κ1) is 11.2. The number of carbonyl (C=O) groups excluding carboxylic acids is 1. The Kier molecular flexibility index (Phi) is 2.88. The fourth-order valence-electron chi connectivity index (χ4n) is 3.07. The Hall–Kier alpha value is -0.940. The van der Waals surface area contributed by atoms with Gasteiger partial charge < -0.3 is 10.6 Å². The van der Waals surface area contributed by atoms with E-state index in [1.165, 1.54) is 30.6 Å². The van der Waals surface area contributed by atoms with E-state index in [2.05, 4.69) is 15.6 Å². The quantitative estimate of drug-likeness (QED) is 0.842. The lowest BCUT2D eigenvalue weighted by Crippen LogP contribution is -2.39. The van der Waals surface area contributed by atoms with Gasteiger partial charge in [-0.15, -0.1) is 11.3 Å². The van der Waals surface area contributed by atoms with E-state index in [1.54, 1.807) is 6.20 Å². The molecule has 2 N–H and O–H groups in total. The zero-order valence-corrected chi connectivity index (χ0v) is 10.7. The van der Waals surface area contributed by atoms with Crippen LogP contribution in [0.2, 0.25) is 0 Å². The normalized spacial score (nSPS) is 31.5. The van der Waals surface area contributed by atoms with Gasteiger partial charge in [0.1, 0.15) is 0 Å². The molecule has 2 fully saturated rings. The maximum atomic E-state index is 12.2. The first-order chi connectivity index (χ1) is 8.24. The fourth-order valence-corrected chi connectivity index (χ4v) is 3.74. The van der Waals surface area contributed by atoms with Gasteiger partial charge in [-0.25, -0.2) is 4.98 Å². The van der Waals surface area contributed by atoms with Crippen molar-refractivity contribution in [2.75, 3.05) is 11.9 Å². The second-order valence-corrected chi connectivity index (χ2v) is 6.24. The molecule has 4 nitrogen and oxygen atoms in total. The summed E-state index contributed by atoms with van der Waals surface area (Å²) in [5.41, 5.74) is 0. The van der Waals surface area contributed by atoms with Gasteiger partial charge in [0, 0.05) is 11.1 Å². The number of amides is 1. The van der Waals surface area contributed by atoms with E-state index in [4.69, 9.17) is 0 Å². The number of anilines is 1. The highest BCUT2D eigenvalue weighted by atomic mass is 32.1. The van der Waals surface area contributed by atoms with Crippen LogP contribution in [-0.2, 0) is 4.79 Å². The van der Waals surface area contributed by atoms with E-state index in [9.17, 15) is 4.79 Å². The highest BCUT2D eigenvalue weighted by Gasteiger charge is 2.42. The number of rotatable bonds is 2. The van der Waals surface area contributed by atoms with Crippen LogP contribution < -0.4 is 10.6 Å². The van der Waals surface area contributed by atoms with Crippen LogP contribution in [-0.4, -0.2) is 23.5 Å². The van der Waals surface area contributed by atoms with E-state index in [0.29, 0.717) is 11.8 Å². The number of fused-ring (bicyclic) bond motifs is 1. The summed E-state index contributed by atoms with van der Waals surface area (Å²) in [6.07, 6.45) is 5.53. The summed E-state index contributed by atoms with van der Waals surface area (Å²) >= 11 is 1.53. The Morgan fingerprint density at radius 3 is 3.24 bits per heavy atom. The lowest BCUT2D eigenvalue weighted by Gasteiger charge is -2.16. The molecule has 3 rings (SSSR count). The largest absolute Gasteiger partial charge is 0.305 e. The van der Waals surface area contributed by atoms with Crippen molar-refractivity contribution in [3.05, 3.63) is 11.1 Å². The van der Waals surface area contributed by atoms with Crippen molar-refractivity contribution in [3.63, 3.8) is 0 Å². The molecule has 0 spiro atoms. The van der Waals surface area contributed by atoms with E-state index in [-0.39, 0.29) is 11.9 Å². The number of aromatic nitrogens is 1. The number of nitrogens with zero attached hydrogens (tertiary/aromatic N) is 1. The number of nitrogens with one attached hydrogen (secondary N) is 2. The molecule has 1 aliphatic heterocycles. The first-order valence-electron chi connectivity index (χ1n) is 6.21. The van der Waals surface area contributed by atoms with Crippen molar-refractivity contribution in [2.24, 2.45) is 11.8 Å². The van der Waals surface area contributed by atoms with Crippen LogP contribution in [0.3, 0.4) is 0 Å². The molecular formula is C12H17N3OS. The van der Waals surface area contributed by atoms with Gasteiger partial charge >= 0.3 is 0 Å². The highest BCUT2D eigenvalue weighted by molar-refractivity contribution is 7.15. The van der Waals surface area contributed by atoms with Crippen LogP contribution in [0, 0.1) is 18.8 Å². The minimum atomic E-state index is -0.00768. The third kappa shape index (κ3) is 2.09. The zero-order chi connectivity index (χ0) is 11.8. The third-order valence-electron chi connectivity index (χ3n) is 3.88. The van der Waals surface area contributed by atoms with Gasteiger partial charge in [0.25, 0.3) is 0 Å². The minimum absolute atomic E-state index is 0.00768. The third-order valence-corrected chi connectivity index (χ3v) is 4.71. The van der Waals surface area contributed by atoms with Crippen molar-refractivity contribution >= 4 is 22.4 Å². The summed E-state index contributed by atoms with van der Waals surface area (Å²) in [4.78, 5) is 17.5. The molecule has 2 heterocycles. The monoisotopic (exact) mass is 251 g/mol. The highest BCUT2D eigenvalue weighted by Crippen LogP contribution is 2.38. The fraction of sp³-hybridized carbons (Fsp3) is 0.667. The molecule has 0 radical (unpaired) electrons. The summed E-state index contributed by atoms with van der Waals surface area (Å²) in [5.74, 6) is 1.34. The Balaban J connectivity index is 1.66. The second-order valence-electron chi connectivity index (χ2n) is 5.01. The van der Waals surface area contributed by atoms with E-state index >= 15 is 0 Å². The van der Waals surface area contributed by atoms with Crippen molar-refractivity contribution in [1.29, 1.82) is 0 Å². The number of hydrogen-bond donors (Lipinski definition) is 2. The van der Waals surface area contributed by atoms with Crippen LogP contribution in [0.15, 0.2) is 6.20 Å². The second kappa shape index (κ2) is 4.38. The van der Waals surface area contributed by atoms with Gasteiger partial charge in [-0.3, -0.25) is 4.79 Å². The van der Waals surface area contributed by atoms with Gasteiger partial charge in [-0.05, 0) is 38.1 Å². The predicted molar refractivity (Wildman–Crippen MR) is 68.1 cm³/mol. The van der Waals surface area contributed by atoms with E-state index in [1.807, 2.05) is 6.92 Å². The molecule has 0 aromatic carbocycles. The van der Waals surface area contributed by atoms with E-state index < -0.39 is 0 Å². The SMILES string of the molecule is Cc1cnc(NC(=O)C2NCC3CCCC32)s1. The molecule has 2 aliphatic rings. The van der Waals surface area contributed by atoms with Crippen LogP contribution in [0.1, 0.15) is 24.1 Å². The van der Waals surface area contributed by atoms with Gasteiger partial charge in [-0.1, -0.05) is 6.42 Å². The van der Waals surface area contributed by atoms with Crippen LogP contribution in [0.5, 0.6) is 0 Å². The van der Waals surface area contributed by atoms with Crippen molar-refractivity contribution in [1.82, 2.24) is 10.3 Å². The van der Waals surface area contributed by atoms with Crippen molar-refractivity contribution in [3.8, 4) is 0 Å². The maximum absolute atomic E-state index is 12.2. The Bertz CT molecular complexity index is 431. The van der Waals surface area contributed by atoms with Gasteiger partial charge in [-0.2, -0.15) is 0 Å². The average molecular weight is 251 g/mol. The molecule has 1 saturated carbocycles.